The van der Waals surface area contributed by atoms with Crippen molar-refractivity contribution in [1.82, 2.24) is 0 Å². The second kappa shape index (κ2) is 6.30. The minimum absolute atomic E-state index is 0.0447. The lowest BCUT2D eigenvalue weighted by Crippen LogP contribution is -2.08. The molecule has 0 radical (unpaired) electrons. The van der Waals surface area contributed by atoms with E-state index in [9.17, 15) is 14.9 Å². The van der Waals surface area contributed by atoms with Gasteiger partial charge in [0.1, 0.15) is 11.5 Å². The van der Waals surface area contributed by atoms with Gasteiger partial charge in [-0.1, -0.05) is 0 Å². The molecule has 1 aromatic heterocycles. The molecule has 7 nitrogen and oxygen atoms in total. The number of Topliss-reactive ketones (excluding diaryl/α,β-unsaturated/α-hetero) is 1. The number of aryl methyl sites for hydroxylation is 1. The first-order valence-electron chi connectivity index (χ1n) is 6.45. The van der Waals surface area contributed by atoms with Crippen molar-refractivity contribution in [3.05, 3.63) is 51.5 Å². The van der Waals surface area contributed by atoms with Crippen LogP contribution in [0, 0.1) is 17.0 Å². The predicted octanol–water partition coefficient (Wildman–Crippen LogP) is 2.94. The highest BCUT2D eigenvalue weighted by atomic mass is 16.6. The van der Waals surface area contributed by atoms with E-state index in [4.69, 9.17) is 13.9 Å². The summed E-state index contributed by atoms with van der Waals surface area (Å²) >= 11 is 0. The standard InChI is InChI=1S/C15H15NO6/c1-9-4-5-10(22-9)6-13(17)11-7-14(20-2)15(21-3)8-12(11)16(18)19/h4-5,7-8H,6H2,1-3H3. The number of nitrogens with zero attached hydrogens (tertiary/aromatic N) is 1. The van der Waals surface area contributed by atoms with E-state index in [0.29, 0.717) is 11.5 Å². The third-order valence-electron chi connectivity index (χ3n) is 3.13. The number of ketones is 1. The summed E-state index contributed by atoms with van der Waals surface area (Å²) in [6.45, 7) is 1.76. The monoisotopic (exact) mass is 305 g/mol. The third-order valence-corrected chi connectivity index (χ3v) is 3.13. The molecule has 0 saturated heterocycles. The van der Waals surface area contributed by atoms with Gasteiger partial charge in [-0.2, -0.15) is 0 Å². The van der Waals surface area contributed by atoms with Crippen molar-refractivity contribution in [2.75, 3.05) is 14.2 Å². The van der Waals surface area contributed by atoms with Gasteiger partial charge in [-0.3, -0.25) is 14.9 Å². The normalized spacial score (nSPS) is 10.3. The van der Waals surface area contributed by atoms with E-state index in [2.05, 4.69) is 0 Å². The summed E-state index contributed by atoms with van der Waals surface area (Å²) in [5.74, 6) is 1.14. The smallest absolute Gasteiger partial charge is 0.284 e. The van der Waals surface area contributed by atoms with Crippen LogP contribution in [0.2, 0.25) is 0 Å². The Morgan fingerprint density at radius 2 is 1.86 bits per heavy atom. The molecule has 0 fully saturated rings. The van der Waals surface area contributed by atoms with E-state index >= 15 is 0 Å². The van der Waals surface area contributed by atoms with Crippen LogP contribution < -0.4 is 9.47 Å². The van der Waals surface area contributed by atoms with Gasteiger partial charge in [0.25, 0.3) is 5.69 Å². The molecule has 0 atom stereocenters. The van der Waals surface area contributed by atoms with Crippen LogP contribution in [0.5, 0.6) is 11.5 Å². The molecule has 0 aliphatic rings. The van der Waals surface area contributed by atoms with Gasteiger partial charge in [0, 0.05) is 6.07 Å². The molecular formula is C15H15NO6. The maximum atomic E-state index is 12.4. The molecule has 2 rings (SSSR count). The van der Waals surface area contributed by atoms with E-state index in [0.717, 1.165) is 0 Å². The molecule has 0 aliphatic carbocycles. The Labute approximate surface area is 126 Å². The van der Waals surface area contributed by atoms with Gasteiger partial charge in [0.15, 0.2) is 17.3 Å². The minimum Gasteiger partial charge on any atom is -0.493 e. The number of rotatable bonds is 6. The molecule has 0 saturated carbocycles. The first-order chi connectivity index (χ1) is 10.5. The molecule has 0 aliphatic heterocycles. The Kier molecular flexibility index (Phi) is 4.45. The van der Waals surface area contributed by atoms with Gasteiger partial charge in [-0.25, -0.2) is 0 Å². The number of carbonyl (C=O) groups excluding carboxylic acids is 1. The second-order valence-electron chi connectivity index (χ2n) is 4.59. The van der Waals surface area contributed by atoms with E-state index in [-0.39, 0.29) is 29.2 Å². The van der Waals surface area contributed by atoms with E-state index in [1.165, 1.54) is 26.4 Å². The summed E-state index contributed by atoms with van der Waals surface area (Å²) in [6.07, 6.45) is -0.0653. The fourth-order valence-corrected chi connectivity index (χ4v) is 2.08. The van der Waals surface area contributed by atoms with E-state index in [1.54, 1.807) is 19.1 Å². The van der Waals surface area contributed by atoms with Gasteiger partial charge in [0.2, 0.25) is 0 Å². The largest absolute Gasteiger partial charge is 0.493 e. The van der Waals surface area contributed by atoms with Gasteiger partial charge in [-0.05, 0) is 19.1 Å². The predicted molar refractivity (Wildman–Crippen MR) is 77.7 cm³/mol. The van der Waals surface area contributed by atoms with Crippen LogP contribution in [0.3, 0.4) is 0 Å². The average Bonchev–Trinajstić information content (AvgIpc) is 2.90. The van der Waals surface area contributed by atoms with Crippen molar-refractivity contribution in [2.45, 2.75) is 13.3 Å². The van der Waals surface area contributed by atoms with Crippen molar-refractivity contribution < 1.29 is 23.6 Å². The SMILES string of the molecule is COc1cc(C(=O)Cc2ccc(C)o2)c([N+](=O)[O-])cc1OC. The maximum absolute atomic E-state index is 12.4. The zero-order valence-electron chi connectivity index (χ0n) is 12.4. The molecule has 0 N–H and O–H groups in total. The molecule has 116 valence electrons. The highest BCUT2D eigenvalue weighted by molar-refractivity contribution is 6.01. The summed E-state index contributed by atoms with van der Waals surface area (Å²) in [5.41, 5.74) is -0.373. The van der Waals surface area contributed by atoms with Gasteiger partial charge in [0.05, 0.1) is 37.2 Å². The first kappa shape index (κ1) is 15.6. The summed E-state index contributed by atoms with van der Waals surface area (Å²) in [6, 6.07) is 5.89. The minimum atomic E-state index is -0.622. The number of nitro groups is 1. The number of hydrogen-bond donors (Lipinski definition) is 0. The summed E-state index contributed by atoms with van der Waals surface area (Å²) in [4.78, 5) is 22.9. The number of nitro benzene ring substituents is 1. The number of methoxy groups -OCH3 is 2. The Bertz CT molecular complexity index is 719. The fraction of sp³-hybridized carbons (Fsp3) is 0.267. The fourth-order valence-electron chi connectivity index (χ4n) is 2.08. The van der Waals surface area contributed by atoms with Gasteiger partial charge in [-0.15, -0.1) is 0 Å². The number of furan rings is 1. The van der Waals surface area contributed by atoms with Gasteiger partial charge >= 0.3 is 0 Å². The molecular weight excluding hydrogens is 290 g/mol. The topological polar surface area (TPSA) is 91.8 Å². The Balaban J connectivity index is 2.43. The molecule has 7 heteroatoms. The van der Waals surface area contributed by atoms with Crippen LogP contribution in [-0.4, -0.2) is 24.9 Å². The molecule has 2 aromatic rings. The maximum Gasteiger partial charge on any atom is 0.284 e. The van der Waals surface area contributed by atoms with Crippen LogP contribution in [0.4, 0.5) is 5.69 Å². The summed E-state index contributed by atoms with van der Waals surface area (Å²) in [5, 5.41) is 11.2. The van der Waals surface area contributed by atoms with Crippen molar-refractivity contribution in [3.8, 4) is 11.5 Å². The quantitative estimate of drug-likeness (QED) is 0.463. The highest BCUT2D eigenvalue weighted by Crippen LogP contribution is 2.35. The van der Waals surface area contributed by atoms with Crippen molar-refractivity contribution >= 4 is 11.5 Å². The highest BCUT2D eigenvalue weighted by Gasteiger charge is 2.25. The summed E-state index contributed by atoms with van der Waals surface area (Å²) in [7, 11) is 2.77. The third kappa shape index (κ3) is 3.08. The molecule has 0 bridgehead atoms. The lowest BCUT2D eigenvalue weighted by Gasteiger charge is -2.09. The number of hydrogen-bond acceptors (Lipinski definition) is 6. The zero-order valence-corrected chi connectivity index (χ0v) is 12.4. The number of ether oxygens (including phenoxy) is 2. The van der Waals surface area contributed by atoms with Crippen LogP contribution in [0.1, 0.15) is 21.9 Å². The van der Waals surface area contributed by atoms with Crippen LogP contribution >= 0.6 is 0 Å². The van der Waals surface area contributed by atoms with Crippen LogP contribution in [0.25, 0.3) is 0 Å². The Morgan fingerprint density at radius 3 is 2.36 bits per heavy atom. The molecule has 0 amide bonds. The Hall–Kier alpha value is -2.83. The first-order valence-corrected chi connectivity index (χ1v) is 6.45. The van der Waals surface area contributed by atoms with Crippen LogP contribution in [0.15, 0.2) is 28.7 Å². The van der Waals surface area contributed by atoms with E-state index in [1.807, 2.05) is 0 Å². The molecule has 1 heterocycles. The number of benzene rings is 1. The van der Waals surface area contributed by atoms with Crippen molar-refractivity contribution in [1.29, 1.82) is 0 Å². The molecule has 1 aromatic carbocycles. The lowest BCUT2D eigenvalue weighted by atomic mass is 10.0. The average molecular weight is 305 g/mol. The molecule has 0 spiro atoms. The summed E-state index contributed by atoms with van der Waals surface area (Å²) < 4.78 is 15.4. The Morgan fingerprint density at radius 1 is 1.23 bits per heavy atom. The molecule has 22 heavy (non-hydrogen) atoms. The van der Waals surface area contributed by atoms with Crippen molar-refractivity contribution in [3.63, 3.8) is 0 Å². The van der Waals surface area contributed by atoms with Crippen LogP contribution in [-0.2, 0) is 6.42 Å². The zero-order chi connectivity index (χ0) is 16.3. The lowest BCUT2D eigenvalue weighted by molar-refractivity contribution is -0.385. The molecule has 0 unspecified atom stereocenters. The second-order valence-corrected chi connectivity index (χ2v) is 4.59. The van der Waals surface area contributed by atoms with Gasteiger partial charge < -0.3 is 13.9 Å². The van der Waals surface area contributed by atoms with Crippen molar-refractivity contribution in [2.24, 2.45) is 0 Å². The number of carbonyl (C=O) groups is 1. The van der Waals surface area contributed by atoms with E-state index < -0.39 is 10.7 Å².